The van der Waals surface area contributed by atoms with Gasteiger partial charge in [0.25, 0.3) is 0 Å². The maximum Gasteiger partial charge on any atom is 0.220 e. The van der Waals surface area contributed by atoms with Crippen molar-refractivity contribution in [1.29, 1.82) is 0 Å². The maximum absolute atomic E-state index is 13.0. The van der Waals surface area contributed by atoms with E-state index in [0.29, 0.717) is 6.42 Å². The highest BCUT2D eigenvalue weighted by Gasteiger charge is 2.44. The number of carbonyl (C=O) groups excluding carboxylic acids is 1. The molecule has 1 saturated heterocycles. The molecule has 0 spiro atoms. The molecule has 10 heteroatoms. The third-order valence-corrected chi connectivity index (χ3v) is 12.8. The van der Waals surface area contributed by atoms with Gasteiger partial charge in [-0.05, 0) is 12.8 Å². The number of rotatable bonds is 44. The van der Waals surface area contributed by atoms with E-state index in [1.165, 1.54) is 180 Å². The Balaban J connectivity index is 2.27. The first kappa shape index (κ1) is 57.2. The average Bonchev–Trinajstić information content (AvgIpc) is 3.25. The molecule has 0 unspecified atom stereocenters. The van der Waals surface area contributed by atoms with Crippen LogP contribution in [0.1, 0.15) is 251 Å². The molecule has 0 bridgehead atoms. The number of amides is 1. The lowest BCUT2D eigenvalue weighted by molar-refractivity contribution is -0.303. The Morgan fingerprint density at radius 2 is 0.867 bits per heavy atom. The van der Waals surface area contributed by atoms with Gasteiger partial charge in [0.15, 0.2) is 6.29 Å². The van der Waals surface area contributed by atoms with Crippen molar-refractivity contribution < 1.29 is 44.9 Å². The first-order valence-corrected chi connectivity index (χ1v) is 25.8. The summed E-state index contributed by atoms with van der Waals surface area (Å²) in [5.41, 5.74) is 0. The SMILES string of the molecule is CCCCCCCCCCCCCCCCCCCCCCCCC[C@@H](O)[C@@H](O)[C@H](CO[C@H]1O[C@H](CO)[C@H](O)[C@H](O)[C@H]1O)NC(=O)CCCCCCCCCCCCCC. The summed E-state index contributed by atoms with van der Waals surface area (Å²) in [6, 6.07) is -0.985. The fourth-order valence-corrected chi connectivity index (χ4v) is 8.61. The van der Waals surface area contributed by atoms with Gasteiger partial charge in [0.2, 0.25) is 5.91 Å². The molecule has 1 aliphatic rings. The zero-order valence-corrected chi connectivity index (χ0v) is 39.1. The molecule has 7 N–H and O–H groups in total. The molecule has 1 amide bonds. The fourth-order valence-electron chi connectivity index (χ4n) is 8.61. The molecule has 0 saturated carbocycles. The van der Waals surface area contributed by atoms with Crippen molar-refractivity contribution in [2.24, 2.45) is 0 Å². The van der Waals surface area contributed by atoms with Gasteiger partial charge < -0.3 is 45.4 Å². The van der Waals surface area contributed by atoms with E-state index in [0.717, 1.165) is 44.9 Å². The fraction of sp³-hybridized carbons (Fsp3) is 0.980. The van der Waals surface area contributed by atoms with E-state index in [9.17, 15) is 35.4 Å². The number of ether oxygens (including phenoxy) is 2. The molecule has 0 aliphatic carbocycles. The molecule has 0 radical (unpaired) electrons. The van der Waals surface area contributed by atoms with E-state index in [4.69, 9.17) is 9.47 Å². The smallest absolute Gasteiger partial charge is 0.220 e. The quantitative estimate of drug-likeness (QED) is 0.0295. The van der Waals surface area contributed by atoms with Gasteiger partial charge in [0, 0.05) is 6.42 Å². The van der Waals surface area contributed by atoms with Crippen molar-refractivity contribution in [3.05, 3.63) is 0 Å². The van der Waals surface area contributed by atoms with Crippen LogP contribution in [0, 0.1) is 0 Å². The third kappa shape index (κ3) is 30.3. The van der Waals surface area contributed by atoms with E-state index in [1.807, 2.05) is 0 Å². The molecule has 0 aromatic heterocycles. The molecule has 1 rings (SSSR count). The summed E-state index contributed by atoms with van der Waals surface area (Å²) >= 11 is 0. The van der Waals surface area contributed by atoms with Crippen molar-refractivity contribution in [3.63, 3.8) is 0 Å². The van der Waals surface area contributed by atoms with Gasteiger partial charge in [-0.1, -0.05) is 232 Å². The zero-order valence-electron chi connectivity index (χ0n) is 39.1. The lowest BCUT2D eigenvalue weighted by Crippen LogP contribution is -2.60. The molecular formula is C50H99NO9. The summed E-state index contributed by atoms with van der Waals surface area (Å²) in [5, 5.41) is 65.3. The van der Waals surface area contributed by atoms with E-state index in [-0.39, 0.29) is 18.9 Å². The minimum Gasteiger partial charge on any atom is -0.394 e. The zero-order chi connectivity index (χ0) is 43.9. The van der Waals surface area contributed by atoms with Gasteiger partial charge in [-0.3, -0.25) is 4.79 Å². The van der Waals surface area contributed by atoms with Crippen LogP contribution < -0.4 is 5.32 Å². The Labute approximate surface area is 368 Å². The largest absolute Gasteiger partial charge is 0.394 e. The summed E-state index contributed by atoms with van der Waals surface area (Å²) in [6.45, 7) is 3.63. The third-order valence-electron chi connectivity index (χ3n) is 12.8. The molecule has 0 aromatic carbocycles. The number of hydrogen-bond acceptors (Lipinski definition) is 9. The van der Waals surface area contributed by atoms with Crippen LogP contribution in [0.5, 0.6) is 0 Å². The summed E-state index contributed by atoms with van der Waals surface area (Å²) in [6.07, 6.45) is 35.5. The van der Waals surface area contributed by atoms with Gasteiger partial charge in [0.05, 0.1) is 25.4 Å². The molecule has 8 atom stereocenters. The lowest BCUT2D eigenvalue weighted by atomic mass is 9.98. The monoisotopic (exact) mass is 858 g/mol. The first-order valence-electron chi connectivity index (χ1n) is 25.8. The average molecular weight is 858 g/mol. The van der Waals surface area contributed by atoms with Crippen LogP contribution in [0.25, 0.3) is 0 Å². The van der Waals surface area contributed by atoms with Crippen LogP contribution >= 0.6 is 0 Å². The van der Waals surface area contributed by atoms with Crippen molar-refractivity contribution >= 4 is 5.91 Å². The van der Waals surface area contributed by atoms with E-state index >= 15 is 0 Å². The van der Waals surface area contributed by atoms with Gasteiger partial charge in [-0.2, -0.15) is 0 Å². The van der Waals surface area contributed by atoms with Crippen molar-refractivity contribution in [1.82, 2.24) is 5.32 Å². The normalized spacial score (nSPS) is 21.0. The van der Waals surface area contributed by atoms with Gasteiger partial charge in [-0.25, -0.2) is 0 Å². The Morgan fingerprint density at radius 3 is 1.23 bits per heavy atom. The second kappa shape index (κ2) is 40.9. The standard InChI is InChI=1S/C50H99NO9/c1-3-5-7-9-11-13-15-17-18-19-20-21-22-23-24-25-26-27-28-30-32-34-36-38-43(53)46(55)42(41-59-50-49(58)48(57)47(56)44(40-52)60-50)51-45(54)39-37-35-33-31-29-16-14-12-10-8-6-4-2/h42-44,46-50,52-53,55-58H,3-41H2,1-2H3,(H,51,54)/t42-,43+,44+,46-,47-,48-,49+,50-/m0/s1. The molecule has 60 heavy (non-hydrogen) atoms. The highest BCUT2D eigenvalue weighted by Crippen LogP contribution is 2.23. The first-order chi connectivity index (χ1) is 29.3. The van der Waals surface area contributed by atoms with Crippen LogP contribution in [0.4, 0.5) is 0 Å². The predicted molar refractivity (Wildman–Crippen MR) is 246 cm³/mol. The second-order valence-corrected chi connectivity index (χ2v) is 18.5. The van der Waals surface area contributed by atoms with Crippen molar-refractivity contribution in [2.75, 3.05) is 13.2 Å². The predicted octanol–water partition coefficient (Wildman–Crippen LogP) is 10.5. The molecule has 1 aliphatic heterocycles. The Hall–Kier alpha value is -0.850. The molecule has 1 fully saturated rings. The molecule has 0 aromatic rings. The summed E-state index contributed by atoms with van der Waals surface area (Å²) in [7, 11) is 0. The molecule has 358 valence electrons. The van der Waals surface area contributed by atoms with Gasteiger partial charge >= 0.3 is 0 Å². The number of unbranched alkanes of at least 4 members (excludes halogenated alkanes) is 33. The van der Waals surface area contributed by atoms with Crippen molar-refractivity contribution in [3.8, 4) is 0 Å². The van der Waals surface area contributed by atoms with Crippen LogP contribution in [0.3, 0.4) is 0 Å². The van der Waals surface area contributed by atoms with Crippen molar-refractivity contribution in [2.45, 2.75) is 300 Å². The molecular weight excluding hydrogens is 759 g/mol. The lowest BCUT2D eigenvalue weighted by Gasteiger charge is -2.40. The minimum atomic E-state index is -1.60. The highest BCUT2D eigenvalue weighted by molar-refractivity contribution is 5.76. The van der Waals surface area contributed by atoms with Gasteiger partial charge in [-0.15, -0.1) is 0 Å². The number of carbonyl (C=O) groups is 1. The second-order valence-electron chi connectivity index (χ2n) is 18.5. The van der Waals surface area contributed by atoms with E-state index in [2.05, 4.69) is 19.2 Å². The number of hydrogen-bond donors (Lipinski definition) is 7. The van der Waals surface area contributed by atoms with Crippen LogP contribution in [-0.4, -0.2) is 98.7 Å². The van der Waals surface area contributed by atoms with Crippen LogP contribution in [0.2, 0.25) is 0 Å². The molecule has 10 nitrogen and oxygen atoms in total. The molecule has 1 heterocycles. The summed E-state index contributed by atoms with van der Waals surface area (Å²) < 4.78 is 11.2. The maximum atomic E-state index is 13.0. The Morgan fingerprint density at radius 1 is 0.517 bits per heavy atom. The Bertz CT molecular complexity index is 926. The number of aliphatic hydroxyl groups is 6. The van der Waals surface area contributed by atoms with E-state index in [1.54, 1.807) is 0 Å². The highest BCUT2D eigenvalue weighted by atomic mass is 16.7. The summed E-state index contributed by atoms with van der Waals surface area (Å²) in [4.78, 5) is 13.0. The van der Waals surface area contributed by atoms with Crippen LogP contribution in [0.15, 0.2) is 0 Å². The van der Waals surface area contributed by atoms with E-state index < -0.39 is 55.6 Å². The Kier molecular flexibility index (Phi) is 39.0. The summed E-state index contributed by atoms with van der Waals surface area (Å²) in [5.74, 6) is -0.254. The van der Waals surface area contributed by atoms with Gasteiger partial charge in [0.1, 0.15) is 30.5 Å². The van der Waals surface area contributed by atoms with Crippen LogP contribution in [-0.2, 0) is 14.3 Å². The minimum absolute atomic E-state index is 0.254. The number of nitrogens with one attached hydrogen (secondary N) is 1. The topological polar surface area (TPSA) is 169 Å². The number of aliphatic hydroxyl groups excluding tert-OH is 6.